The largest absolute Gasteiger partial charge is 0.497 e. The molecule has 0 radical (unpaired) electrons. The lowest BCUT2D eigenvalue weighted by Crippen LogP contribution is -2.15. The van der Waals surface area contributed by atoms with E-state index in [0.717, 1.165) is 11.3 Å². The lowest BCUT2D eigenvalue weighted by Gasteiger charge is -2.05. The molecular formula is C11H15NO3S. The number of ether oxygens (including phenoxy) is 1. The van der Waals surface area contributed by atoms with Gasteiger partial charge >= 0.3 is 0 Å². The molecule has 0 heterocycles. The van der Waals surface area contributed by atoms with Crippen molar-refractivity contribution in [3.8, 4) is 5.75 Å². The van der Waals surface area contributed by atoms with Gasteiger partial charge in [0.25, 0.3) is 0 Å². The molecule has 0 unspecified atom stereocenters. The summed E-state index contributed by atoms with van der Waals surface area (Å²) in [6.45, 7) is 0. The van der Waals surface area contributed by atoms with E-state index < -0.39 is 9.84 Å². The molecule has 0 amide bonds. The van der Waals surface area contributed by atoms with Crippen LogP contribution < -0.4 is 4.74 Å². The van der Waals surface area contributed by atoms with Crippen molar-refractivity contribution >= 4 is 15.5 Å². The van der Waals surface area contributed by atoms with Crippen molar-refractivity contribution in [1.29, 1.82) is 0 Å². The van der Waals surface area contributed by atoms with E-state index in [1.807, 2.05) is 0 Å². The molecule has 1 aromatic carbocycles. The number of nitrogens with zero attached hydrogens (tertiary/aromatic N) is 1. The molecule has 0 aliphatic heterocycles. The molecule has 0 atom stereocenters. The number of hydrogen-bond acceptors (Lipinski definition) is 4. The highest BCUT2D eigenvalue weighted by Crippen LogP contribution is 2.12. The minimum Gasteiger partial charge on any atom is -0.497 e. The number of methoxy groups -OCH3 is 1. The third-order valence-electron chi connectivity index (χ3n) is 2.09. The van der Waals surface area contributed by atoms with Crippen LogP contribution in [-0.4, -0.2) is 40.3 Å². The Kier molecular flexibility index (Phi) is 4.06. The topological polar surface area (TPSA) is 55.7 Å². The normalized spacial score (nSPS) is 12.6. The Hall–Kier alpha value is -1.36. The highest BCUT2D eigenvalue weighted by molar-refractivity contribution is 7.91. The molecule has 0 aliphatic rings. The first-order valence-electron chi connectivity index (χ1n) is 4.74. The van der Waals surface area contributed by atoms with Gasteiger partial charge < -0.3 is 4.74 Å². The quantitative estimate of drug-likeness (QED) is 0.743. The van der Waals surface area contributed by atoms with E-state index in [1.165, 1.54) is 6.26 Å². The summed E-state index contributed by atoms with van der Waals surface area (Å²) < 4.78 is 27.4. The zero-order chi connectivity index (χ0) is 12.2. The van der Waals surface area contributed by atoms with Crippen LogP contribution in [0.15, 0.2) is 29.3 Å². The van der Waals surface area contributed by atoms with E-state index in [-0.39, 0.29) is 5.75 Å². The van der Waals surface area contributed by atoms with Crippen LogP contribution in [0.1, 0.15) is 5.56 Å². The molecule has 4 nitrogen and oxygen atoms in total. The maximum atomic E-state index is 11.2. The minimum absolute atomic E-state index is 0.0458. The lowest BCUT2D eigenvalue weighted by atomic mass is 10.1. The van der Waals surface area contributed by atoms with E-state index in [4.69, 9.17) is 4.74 Å². The summed E-state index contributed by atoms with van der Waals surface area (Å²) in [5, 5.41) is 0. The van der Waals surface area contributed by atoms with Crippen molar-refractivity contribution in [2.45, 2.75) is 0 Å². The summed E-state index contributed by atoms with van der Waals surface area (Å²) in [5.41, 5.74) is 1.36. The maximum Gasteiger partial charge on any atom is 0.153 e. The first-order valence-corrected chi connectivity index (χ1v) is 6.80. The van der Waals surface area contributed by atoms with Gasteiger partial charge in [0.2, 0.25) is 0 Å². The summed E-state index contributed by atoms with van der Waals surface area (Å²) in [5.74, 6) is 0.689. The first-order chi connectivity index (χ1) is 7.46. The Labute approximate surface area is 95.9 Å². The van der Waals surface area contributed by atoms with Gasteiger partial charge in [0.1, 0.15) is 5.75 Å². The molecule has 1 aromatic rings. The van der Waals surface area contributed by atoms with Crippen molar-refractivity contribution in [3.63, 3.8) is 0 Å². The molecule has 0 bridgehead atoms. The second-order valence-corrected chi connectivity index (χ2v) is 5.61. The fraction of sp³-hybridized carbons (Fsp3) is 0.364. The first kappa shape index (κ1) is 12.7. The Balaban J connectivity index is 2.97. The molecule has 16 heavy (non-hydrogen) atoms. The average molecular weight is 241 g/mol. The van der Waals surface area contributed by atoms with Gasteiger partial charge in [-0.15, -0.1) is 0 Å². The summed E-state index contributed by atoms with van der Waals surface area (Å²) in [4.78, 5) is 4.00. The molecule has 88 valence electrons. The van der Waals surface area contributed by atoms with Gasteiger partial charge in [-0.2, -0.15) is 0 Å². The van der Waals surface area contributed by atoms with Crippen molar-refractivity contribution in [2.24, 2.45) is 4.99 Å². The molecule has 0 fully saturated rings. The van der Waals surface area contributed by atoms with Gasteiger partial charge in [-0.25, -0.2) is 8.42 Å². The molecule has 0 N–H and O–H groups in total. The summed E-state index contributed by atoms with van der Waals surface area (Å²) in [6, 6.07) is 7.16. The minimum atomic E-state index is -3.06. The fourth-order valence-electron chi connectivity index (χ4n) is 1.31. The Morgan fingerprint density at radius 3 is 2.25 bits per heavy atom. The van der Waals surface area contributed by atoms with Crippen molar-refractivity contribution < 1.29 is 13.2 Å². The summed E-state index contributed by atoms with van der Waals surface area (Å²) in [7, 11) is 0.110. The standard InChI is InChI=1S/C11H15NO3S/c1-12-11(8-16(3,13)14)9-4-6-10(15-2)7-5-9/h4-7H,8H2,1-3H3. The van der Waals surface area contributed by atoms with E-state index in [2.05, 4.69) is 4.99 Å². The predicted octanol–water partition coefficient (Wildman–Crippen LogP) is 1.16. The number of rotatable bonds is 4. The number of hydrogen-bond donors (Lipinski definition) is 0. The Bertz CT molecular complexity index is 474. The van der Waals surface area contributed by atoms with Crippen LogP contribution in [0.5, 0.6) is 5.75 Å². The van der Waals surface area contributed by atoms with Crippen LogP contribution in [0.25, 0.3) is 0 Å². The van der Waals surface area contributed by atoms with Crippen LogP contribution in [0.2, 0.25) is 0 Å². The number of sulfone groups is 1. The van der Waals surface area contributed by atoms with Crippen molar-refractivity contribution in [2.75, 3.05) is 26.2 Å². The highest BCUT2D eigenvalue weighted by atomic mass is 32.2. The second-order valence-electron chi connectivity index (χ2n) is 3.47. The van der Waals surface area contributed by atoms with Gasteiger partial charge in [0.05, 0.1) is 18.6 Å². The monoisotopic (exact) mass is 241 g/mol. The van der Waals surface area contributed by atoms with Gasteiger partial charge in [-0.05, 0) is 29.8 Å². The second kappa shape index (κ2) is 5.12. The maximum absolute atomic E-state index is 11.2. The predicted molar refractivity (Wildman–Crippen MR) is 65.2 cm³/mol. The van der Waals surface area contributed by atoms with Crippen molar-refractivity contribution in [3.05, 3.63) is 29.8 Å². The van der Waals surface area contributed by atoms with E-state index in [0.29, 0.717) is 5.71 Å². The highest BCUT2D eigenvalue weighted by Gasteiger charge is 2.10. The van der Waals surface area contributed by atoms with Crippen LogP contribution in [0, 0.1) is 0 Å². The van der Waals surface area contributed by atoms with Gasteiger partial charge in [0.15, 0.2) is 9.84 Å². The van der Waals surface area contributed by atoms with E-state index >= 15 is 0 Å². The molecule has 0 saturated heterocycles. The average Bonchev–Trinajstić information content (AvgIpc) is 2.25. The van der Waals surface area contributed by atoms with E-state index in [1.54, 1.807) is 38.4 Å². The molecule has 1 rings (SSSR count). The number of benzene rings is 1. The van der Waals surface area contributed by atoms with E-state index in [9.17, 15) is 8.42 Å². The van der Waals surface area contributed by atoms with Crippen LogP contribution in [-0.2, 0) is 9.84 Å². The van der Waals surface area contributed by atoms with Gasteiger partial charge in [-0.1, -0.05) is 0 Å². The lowest BCUT2D eigenvalue weighted by molar-refractivity contribution is 0.415. The molecule has 0 aliphatic carbocycles. The van der Waals surface area contributed by atoms with Crippen LogP contribution in [0.3, 0.4) is 0 Å². The zero-order valence-electron chi connectivity index (χ0n) is 9.60. The molecule has 0 aromatic heterocycles. The third-order valence-corrected chi connectivity index (χ3v) is 2.89. The summed E-state index contributed by atoms with van der Waals surface area (Å²) in [6.07, 6.45) is 1.20. The smallest absolute Gasteiger partial charge is 0.153 e. The summed E-state index contributed by atoms with van der Waals surface area (Å²) >= 11 is 0. The molecule has 0 spiro atoms. The van der Waals surface area contributed by atoms with Gasteiger partial charge in [0, 0.05) is 13.3 Å². The third kappa shape index (κ3) is 3.66. The molecular weight excluding hydrogens is 226 g/mol. The van der Waals surface area contributed by atoms with Crippen LogP contribution in [0.4, 0.5) is 0 Å². The Morgan fingerprint density at radius 1 is 1.31 bits per heavy atom. The molecule has 0 saturated carbocycles. The molecule has 5 heteroatoms. The fourth-order valence-corrected chi connectivity index (χ4v) is 2.10. The van der Waals surface area contributed by atoms with Crippen molar-refractivity contribution in [1.82, 2.24) is 0 Å². The van der Waals surface area contributed by atoms with Gasteiger partial charge in [-0.3, -0.25) is 4.99 Å². The van der Waals surface area contributed by atoms with Crippen LogP contribution >= 0.6 is 0 Å². The SMILES string of the molecule is CN=C(CS(C)(=O)=O)c1ccc(OC)cc1. The zero-order valence-corrected chi connectivity index (χ0v) is 10.4. The number of aliphatic imine (C=N–C) groups is 1. The Morgan fingerprint density at radius 2 is 1.88 bits per heavy atom.